The molecule has 124 valence electrons. The molecule has 0 aliphatic carbocycles. The summed E-state index contributed by atoms with van der Waals surface area (Å²) in [6.07, 6.45) is 7.06. The molecule has 0 aromatic carbocycles. The van der Waals surface area contributed by atoms with Crippen LogP contribution < -0.4 is 14.5 Å². The van der Waals surface area contributed by atoms with Crippen LogP contribution in [-0.2, 0) is 7.05 Å². The van der Waals surface area contributed by atoms with Gasteiger partial charge in [-0.05, 0) is 6.07 Å². The average molecular weight is 325 g/mol. The Balaban J connectivity index is 1.51. The van der Waals surface area contributed by atoms with Crippen molar-refractivity contribution in [3.05, 3.63) is 31.0 Å². The fraction of sp³-hybridized carbons (Fsp3) is 0.375. The molecule has 3 aromatic rings. The zero-order chi connectivity index (χ0) is 16.5. The Labute approximate surface area is 139 Å². The van der Waals surface area contributed by atoms with E-state index >= 15 is 0 Å². The van der Waals surface area contributed by atoms with Gasteiger partial charge in [0, 0.05) is 39.4 Å². The minimum Gasteiger partial charge on any atom is -0.494 e. The van der Waals surface area contributed by atoms with Gasteiger partial charge in [0.2, 0.25) is 5.95 Å². The van der Waals surface area contributed by atoms with Gasteiger partial charge < -0.3 is 19.1 Å². The first-order chi connectivity index (χ1) is 11.8. The summed E-state index contributed by atoms with van der Waals surface area (Å²) in [5.74, 6) is 2.41. The topological polar surface area (TPSA) is 72.2 Å². The van der Waals surface area contributed by atoms with Gasteiger partial charge in [0.1, 0.15) is 17.8 Å². The molecule has 1 aliphatic heterocycles. The van der Waals surface area contributed by atoms with Crippen molar-refractivity contribution in [2.24, 2.45) is 7.05 Å². The van der Waals surface area contributed by atoms with E-state index in [1.165, 1.54) is 0 Å². The van der Waals surface area contributed by atoms with Crippen LogP contribution >= 0.6 is 0 Å². The molecule has 3 aromatic heterocycles. The van der Waals surface area contributed by atoms with Crippen LogP contribution in [0.2, 0.25) is 0 Å². The van der Waals surface area contributed by atoms with Crippen molar-refractivity contribution in [2.75, 3.05) is 43.1 Å². The lowest BCUT2D eigenvalue weighted by molar-refractivity contribution is 0.410. The third kappa shape index (κ3) is 2.49. The number of methoxy groups -OCH3 is 1. The maximum absolute atomic E-state index is 5.11. The van der Waals surface area contributed by atoms with Gasteiger partial charge in [-0.2, -0.15) is 0 Å². The fourth-order valence-electron chi connectivity index (χ4n) is 3.01. The van der Waals surface area contributed by atoms with Crippen molar-refractivity contribution < 1.29 is 4.74 Å². The first kappa shape index (κ1) is 14.7. The van der Waals surface area contributed by atoms with Crippen LogP contribution in [0.1, 0.15) is 0 Å². The molecular formula is C16H19N7O. The highest BCUT2D eigenvalue weighted by atomic mass is 16.5. The number of aromatic nitrogens is 5. The number of anilines is 2. The summed E-state index contributed by atoms with van der Waals surface area (Å²) < 4.78 is 7.12. The average Bonchev–Trinajstić information content (AvgIpc) is 3.03. The van der Waals surface area contributed by atoms with Crippen LogP contribution in [-0.4, -0.2) is 57.8 Å². The summed E-state index contributed by atoms with van der Waals surface area (Å²) in [6, 6.07) is 2.07. The van der Waals surface area contributed by atoms with E-state index in [2.05, 4.69) is 35.8 Å². The standard InChI is InChI=1S/C16H19N7O/c1-21-4-3-13-14(21)19-11-20-15(13)22-5-7-23(8-6-22)16-17-9-12(24-2)10-18-16/h3-4,9-11H,5-8H2,1-2H3. The lowest BCUT2D eigenvalue weighted by Crippen LogP contribution is -2.47. The van der Waals surface area contributed by atoms with Gasteiger partial charge in [-0.1, -0.05) is 0 Å². The number of ether oxygens (including phenoxy) is 1. The highest BCUT2D eigenvalue weighted by Gasteiger charge is 2.22. The Morgan fingerprint density at radius 1 is 0.958 bits per heavy atom. The molecule has 1 aliphatic rings. The van der Waals surface area contributed by atoms with Crippen LogP contribution in [0.4, 0.5) is 11.8 Å². The first-order valence-corrected chi connectivity index (χ1v) is 7.88. The van der Waals surface area contributed by atoms with E-state index in [1.807, 2.05) is 17.8 Å². The molecule has 0 N–H and O–H groups in total. The molecule has 0 radical (unpaired) electrons. The highest BCUT2D eigenvalue weighted by Crippen LogP contribution is 2.25. The van der Waals surface area contributed by atoms with E-state index in [4.69, 9.17) is 4.74 Å². The second kappa shape index (κ2) is 5.95. The van der Waals surface area contributed by atoms with Crippen molar-refractivity contribution in [3.8, 4) is 5.75 Å². The second-order valence-electron chi connectivity index (χ2n) is 5.76. The molecule has 1 fully saturated rings. The Kier molecular flexibility index (Phi) is 3.64. The van der Waals surface area contributed by atoms with Crippen LogP contribution in [0.25, 0.3) is 11.0 Å². The number of fused-ring (bicyclic) bond motifs is 1. The molecule has 0 bridgehead atoms. The van der Waals surface area contributed by atoms with Gasteiger partial charge in [0.15, 0.2) is 5.75 Å². The summed E-state index contributed by atoms with van der Waals surface area (Å²) in [7, 11) is 3.61. The van der Waals surface area contributed by atoms with Crippen molar-refractivity contribution in [2.45, 2.75) is 0 Å². The third-order valence-electron chi connectivity index (χ3n) is 4.35. The molecule has 0 atom stereocenters. The smallest absolute Gasteiger partial charge is 0.225 e. The lowest BCUT2D eigenvalue weighted by Gasteiger charge is -2.35. The summed E-state index contributed by atoms with van der Waals surface area (Å²) in [5.41, 5.74) is 0.959. The number of hydrogen-bond donors (Lipinski definition) is 0. The van der Waals surface area contributed by atoms with Crippen molar-refractivity contribution in [3.63, 3.8) is 0 Å². The SMILES string of the molecule is COc1cnc(N2CCN(c3ncnc4c3ccn4C)CC2)nc1. The lowest BCUT2D eigenvalue weighted by atomic mass is 10.3. The maximum Gasteiger partial charge on any atom is 0.225 e. The molecule has 4 heterocycles. The Hall–Kier alpha value is -2.90. The van der Waals surface area contributed by atoms with Crippen LogP contribution in [0.15, 0.2) is 31.0 Å². The molecule has 8 heteroatoms. The summed E-state index contributed by atoms with van der Waals surface area (Å²) in [4.78, 5) is 22.1. The van der Waals surface area contributed by atoms with Crippen molar-refractivity contribution in [1.82, 2.24) is 24.5 Å². The second-order valence-corrected chi connectivity index (χ2v) is 5.76. The molecular weight excluding hydrogens is 306 g/mol. The number of nitrogens with zero attached hydrogens (tertiary/aromatic N) is 7. The summed E-state index contributed by atoms with van der Waals surface area (Å²) >= 11 is 0. The van der Waals surface area contributed by atoms with E-state index in [-0.39, 0.29) is 0 Å². The largest absolute Gasteiger partial charge is 0.494 e. The van der Waals surface area contributed by atoms with Crippen molar-refractivity contribution >= 4 is 22.8 Å². The van der Waals surface area contributed by atoms with Crippen molar-refractivity contribution in [1.29, 1.82) is 0 Å². The molecule has 0 spiro atoms. The Morgan fingerprint density at radius 2 is 1.67 bits per heavy atom. The van der Waals surface area contributed by atoms with E-state index < -0.39 is 0 Å². The quantitative estimate of drug-likeness (QED) is 0.714. The zero-order valence-electron chi connectivity index (χ0n) is 13.8. The van der Waals surface area contributed by atoms with Gasteiger partial charge in [-0.3, -0.25) is 0 Å². The van der Waals surface area contributed by atoms with E-state index in [0.717, 1.165) is 49.0 Å². The minimum atomic E-state index is 0.671. The number of piperazine rings is 1. The monoisotopic (exact) mass is 325 g/mol. The molecule has 0 unspecified atom stereocenters. The highest BCUT2D eigenvalue weighted by molar-refractivity contribution is 5.87. The molecule has 4 rings (SSSR count). The maximum atomic E-state index is 5.11. The van der Waals surface area contributed by atoms with Gasteiger partial charge >= 0.3 is 0 Å². The van der Waals surface area contributed by atoms with Crippen LogP contribution in [0, 0.1) is 0 Å². The minimum absolute atomic E-state index is 0.671. The Bertz CT molecular complexity index is 837. The summed E-state index contributed by atoms with van der Waals surface area (Å²) in [6.45, 7) is 3.45. The number of hydrogen-bond acceptors (Lipinski definition) is 7. The fourth-order valence-corrected chi connectivity index (χ4v) is 3.01. The molecule has 0 saturated carbocycles. The van der Waals surface area contributed by atoms with Gasteiger partial charge in [0.05, 0.1) is 24.9 Å². The van der Waals surface area contributed by atoms with Gasteiger partial charge in [-0.15, -0.1) is 0 Å². The predicted molar refractivity (Wildman–Crippen MR) is 91.5 cm³/mol. The third-order valence-corrected chi connectivity index (χ3v) is 4.35. The normalized spacial score (nSPS) is 15.1. The summed E-state index contributed by atoms with van der Waals surface area (Å²) in [5, 5.41) is 1.09. The molecule has 0 amide bonds. The van der Waals surface area contributed by atoms with Crippen LogP contribution in [0.5, 0.6) is 5.75 Å². The molecule has 1 saturated heterocycles. The Morgan fingerprint density at radius 3 is 2.38 bits per heavy atom. The van der Waals surface area contributed by atoms with E-state index in [1.54, 1.807) is 25.8 Å². The zero-order valence-corrected chi connectivity index (χ0v) is 13.8. The number of aryl methyl sites for hydroxylation is 1. The number of rotatable bonds is 3. The van der Waals surface area contributed by atoms with Gasteiger partial charge in [0.25, 0.3) is 0 Å². The van der Waals surface area contributed by atoms with E-state index in [9.17, 15) is 0 Å². The van der Waals surface area contributed by atoms with E-state index in [0.29, 0.717) is 5.75 Å². The van der Waals surface area contributed by atoms with Crippen LogP contribution in [0.3, 0.4) is 0 Å². The molecule has 8 nitrogen and oxygen atoms in total. The first-order valence-electron chi connectivity index (χ1n) is 7.88. The van der Waals surface area contributed by atoms with Gasteiger partial charge in [-0.25, -0.2) is 19.9 Å². The predicted octanol–water partition coefficient (Wildman–Crippen LogP) is 1.09. The molecule has 24 heavy (non-hydrogen) atoms.